The second-order valence-corrected chi connectivity index (χ2v) is 7.14. The molecular weight excluding hydrogens is 374 g/mol. The molecule has 28 heavy (non-hydrogen) atoms. The Bertz CT molecular complexity index is 917. The lowest BCUT2D eigenvalue weighted by Gasteiger charge is -2.14. The predicted octanol–water partition coefficient (Wildman–Crippen LogP) is 4.82. The number of para-hydroxylation sites is 2. The predicted molar refractivity (Wildman–Crippen MR) is 113 cm³/mol. The Balaban J connectivity index is 1.71. The summed E-state index contributed by atoms with van der Waals surface area (Å²) in [5.41, 5.74) is 1.95. The number of amides is 1. The summed E-state index contributed by atoms with van der Waals surface area (Å²) in [6.45, 7) is 5.62. The maximum Gasteiger partial charge on any atom is 0.223 e. The highest BCUT2D eigenvalue weighted by Gasteiger charge is 2.16. The van der Waals surface area contributed by atoms with Gasteiger partial charge in [0.1, 0.15) is 18.2 Å². The van der Waals surface area contributed by atoms with Gasteiger partial charge in [-0.15, -0.1) is 0 Å². The molecule has 0 fully saturated rings. The molecule has 0 saturated carbocycles. The number of carbonyl (C=O) groups excluding carboxylic acids is 1. The third kappa shape index (κ3) is 4.84. The zero-order valence-corrected chi connectivity index (χ0v) is 17.1. The summed E-state index contributed by atoms with van der Waals surface area (Å²) in [6, 6.07) is 15.3. The topological polar surface area (TPSA) is 56.2 Å². The molecule has 1 aromatic heterocycles. The zero-order chi connectivity index (χ0) is 19.9. The van der Waals surface area contributed by atoms with E-state index in [1.165, 1.54) is 0 Å². The van der Waals surface area contributed by atoms with Crippen molar-refractivity contribution < 1.29 is 9.53 Å². The SMILES string of the molecule is CCC(CC)C(=O)NCc1nc2ccccc2n1CCOc1ccc(Cl)cc1. The number of fused-ring (bicyclic) bond motifs is 1. The summed E-state index contributed by atoms with van der Waals surface area (Å²) < 4.78 is 7.95. The van der Waals surface area contributed by atoms with Crippen LogP contribution < -0.4 is 10.1 Å². The van der Waals surface area contributed by atoms with E-state index < -0.39 is 0 Å². The van der Waals surface area contributed by atoms with Crippen molar-refractivity contribution in [1.82, 2.24) is 14.9 Å². The Morgan fingerprint density at radius 3 is 2.57 bits per heavy atom. The van der Waals surface area contributed by atoms with Crippen LogP contribution in [0, 0.1) is 5.92 Å². The smallest absolute Gasteiger partial charge is 0.223 e. The monoisotopic (exact) mass is 399 g/mol. The fourth-order valence-electron chi connectivity index (χ4n) is 3.27. The molecule has 0 saturated heterocycles. The Morgan fingerprint density at radius 1 is 1.14 bits per heavy atom. The fraction of sp³-hybridized carbons (Fsp3) is 0.364. The van der Waals surface area contributed by atoms with Gasteiger partial charge in [-0.05, 0) is 49.2 Å². The number of ether oxygens (including phenoxy) is 1. The van der Waals surface area contributed by atoms with Crippen molar-refractivity contribution >= 4 is 28.5 Å². The van der Waals surface area contributed by atoms with Crippen LogP contribution in [0.25, 0.3) is 11.0 Å². The average molecular weight is 400 g/mol. The van der Waals surface area contributed by atoms with Crippen molar-refractivity contribution in [3.05, 3.63) is 59.4 Å². The highest BCUT2D eigenvalue weighted by molar-refractivity contribution is 6.30. The van der Waals surface area contributed by atoms with E-state index in [-0.39, 0.29) is 11.8 Å². The first-order valence-corrected chi connectivity index (χ1v) is 10.1. The van der Waals surface area contributed by atoms with Crippen molar-refractivity contribution in [3.63, 3.8) is 0 Å². The lowest BCUT2D eigenvalue weighted by molar-refractivity contribution is -0.125. The third-order valence-corrected chi connectivity index (χ3v) is 5.16. The largest absolute Gasteiger partial charge is 0.492 e. The van der Waals surface area contributed by atoms with Crippen LogP contribution in [-0.2, 0) is 17.9 Å². The summed E-state index contributed by atoms with van der Waals surface area (Å²) in [6.07, 6.45) is 1.68. The van der Waals surface area contributed by atoms with Crippen molar-refractivity contribution in [2.75, 3.05) is 6.61 Å². The van der Waals surface area contributed by atoms with Gasteiger partial charge in [-0.25, -0.2) is 4.98 Å². The number of hydrogen-bond donors (Lipinski definition) is 1. The van der Waals surface area contributed by atoms with Crippen LogP contribution >= 0.6 is 11.6 Å². The molecule has 0 aliphatic carbocycles. The van der Waals surface area contributed by atoms with E-state index >= 15 is 0 Å². The second kappa shape index (κ2) is 9.60. The molecule has 148 valence electrons. The zero-order valence-electron chi connectivity index (χ0n) is 16.3. The quantitative estimate of drug-likeness (QED) is 0.561. The number of nitrogens with zero attached hydrogens (tertiary/aromatic N) is 2. The van der Waals surface area contributed by atoms with Crippen LogP contribution in [0.3, 0.4) is 0 Å². The molecule has 0 spiro atoms. The van der Waals surface area contributed by atoms with Crippen molar-refractivity contribution in [1.29, 1.82) is 0 Å². The number of hydrogen-bond acceptors (Lipinski definition) is 3. The van der Waals surface area contributed by atoms with Crippen LogP contribution in [0.4, 0.5) is 0 Å². The minimum absolute atomic E-state index is 0.0473. The molecule has 0 unspecified atom stereocenters. The molecule has 1 N–H and O–H groups in total. The molecule has 0 bridgehead atoms. The highest BCUT2D eigenvalue weighted by atomic mass is 35.5. The molecule has 1 amide bonds. The van der Waals surface area contributed by atoms with Crippen molar-refractivity contribution in [2.45, 2.75) is 39.8 Å². The van der Waals surface area contributed by atoms with Crippen LogP contribution in [-0.4, -0.2) is 22.1 Å². The van der Waals surface area contributed by atoms with Gasteiger partial charge in [0.15, 0.2) is 0 Å². The first-order valence-electron chi connectivity index (χ1n) is 9.72. The van der Waals surface area contributed by atoms with Gasteiger partial charge in [-0.2, -0.15) is 0 Å². The van der Waals surface area contributed by atoms with E-state index in [1.807, 2.05) is 62.4 Å². The summed E-state index contributed by atoms with van der Waals surface area (Å²) in [4.78, 5) is 17.1. The van der Waals surface area contributed by atoms with Crippen molar-refractivity contribution in [2.24, 2.45) is 5.92 Å². The number of imidazole rings is 1. The standard InChI is InChI=1S/C22H26ClN3O2/c1-3-16(4-2)22(27)24-15-21-25-19-7-5-6-8-20(19)26(21)13-14-28-18-11-9-17(23)10-12-18/h5-12,16H,3-4,13-15H2,1-2H3,(H,24,27). The maximum atomic E-state index is 12.3. The molecule has 0 radical (unpaired) electrons. The van der Waals surface area contributed by atoms with E-state index in [9.17, 15) is 4.79 Å². The van der Waals surface area contributed by atoms with E-state index in [0.29, 0.717) is 24.7 Å². The van der Waals surface area contributed by atoms with Gasteiger partial charge in [-0.1, -0.05) is 37.6 Å². The first-order chi connectivity index (χ1) is 13.6. The number of carbonyl (C=O) groups is 1. The summed E-state index contributed by atoms with van der Waals surface area (Å²) in [5.74, 6) is 1.74. The Hall–Kier alpha value is -2.53. The van der Waals surface area contributed by atoms with E-state index in [1.54, 1.807) is 0 Å². The van der Waals surface area contributed by atoms with Crippen molar-refractivity contribution in [3.8, 4) is 5.75 Å². The number of halogens is 1. The minimum Gasteiger partial charge on any atom is -0.492 e. The molecule has 0 aliphatic rings. The third-order valence-electron chi connectivity index (χ3n) is 4.91. The van der Waals surface area contributed by atoms with E-state index in [4.69, 9.17) is 21.3 Å². The number of aromatic nitrogens is 2. The van der Waals surface area contributed by atoms with Gasteiger partial charge in [-0.3, -0.25) is 4.79 Å². The van der Waals surface area contributed by atoms with Crippen LogP contribution in [0.1, 0.15) is 32.5 Å². The second-order valence-electron chi connectivity index (χ2n) is 6.70. The lowest BCUT2D eigenvalue weighted by atomic mass is 10.0. The molecule has 2 aromatic carbocycles. The number of benzene rings is 2. The van der Waals surface area contributed by atoms with E-state index in [0.717, 1.165) is 35.4 Å². The Labute approximate surface area is 170 Å². The molecular formula is C22H26ClN3O2. The molecule has 0 aliphatic heterocycles. The average Bonchev–Trinajstić information content (AvgIpc) is 3.06. The lowest BCUT2D eigenvalue weighted by Crippen LogP contribution is -2.31. The van der Waals surface area contributed by atoms with Gasteiger partial charge in [0.25, 0.3) is 0 Å². The van der Waals surface area contributed by atoms with Gasteiger partial charge in [0.2, 0.25) is 5.91 Å². The maximum absolute atomic E-state index is 12.3. The fourth-order valence-corrected chi connectivity index (χ4v) is 3.39. The van der Waals surface area contributed by atoms with Gasteiger partial charge in [0.05, 0.1) is 24.1 Å². The van der Waals surface area contributed by atoms with Gasteiger partial charge in [0, 0.05) is 10.9 Å². The Kier molecular flexibility index (Phi) is 6.93. The van der Waals surface area contributed by atoms with Crippen LogP contribution in [0.5, 0.6) is 5.75 Å². The van der Waals surface area contributed by atoms with Gasteiger partial charge < -0.3 is 14.6 Å². The molecule has 6 heteroatoms. The van der Waals surface area contributed by atoms with Gasteiger partial charge >= 0.3 is 0 Å². The number of rotatable bonds is 9. The van der Waals surface area contributed by atoms with E-state index in [2.05, 4.69) is 9.88 Å². The highest BCUT2D eigenvalue weighted by Crippen LogP contribution is 2.18. The Morgan fingerprint density at radius 2 is 1.86 bits per heavy atom. The molecule has 5 nitrogen and oxygen atoms in total. The number of nitrogens with one attached hydrogen (secondary N) is 1. The molecule has 3 rings (SSSR count). The summed E-state index contributed by atoms with van der Waals surface area (Å²) >= 11 is 5.91. The molecule has 1 heterocycles. The molecule has 0 atom stereocenters. The van der Waals surface area contributed by atoms with Crippen LogP contribution in [0.15, 0.2) is 48.5 Å². The van der Waals surface area contributed by atoms with Crippen LogP contribution in [0.2, 0.25) is 5.02 Å². The first kappa shape index (κ1) is 20.2. The summed E-state index contributed by atoms with van der Waals surface area (Å²) in [7, 11) is 0. The minimum atomic E-state index is 0.0473. The normalized spacial score (nSPS) is 11.1. The molecule has 3 aromatic rings. The summed E-state index contributed by atoms with van der Waals surface area (Å²) in [5, 5.41) is 3.72.